The number of pyridine rings is 1. The van der Waals surface area contributed by atoms with Gasteiger partial charge in [0, 0.05) is 50.5 Å². The highest BCUT2D eigenvalue weighted by Crippen LogP contribution is 2.17. The Morgan fingerprint density at radius 2 is 2.04 bits per heavy atom. The SMILES string of the molecule is CC(C)Cn1cccc(C(=O)N2CCN(c3ncns3)CC2)c1=O. The van der Waals surface area contributed by atoms with Crippen LogP contribution in [-0.2, 0) is 6.54 Å². The first kappa shape index (κ1) is 16.6. The molecule has 0 N–H and O–H groups in total. The van der Waals surface area contributed by atoms with Gasteiger partial charge in [0.05, 0.1) is 0 Å². The lowest BCUT2D eigenvalue weighted by Gasteiger charge is -2.34. The highest BCUT2D eigenvalue weighted by molar-refractivity contribution is 7.09. The highest BCUT2D eigenvalue weighted by Gasteiger charge is 2.25. The molecule has 0 saturated carbocycles. The van der Waals surface area contributed by atoms with E-state index in [1.54, 1.807) is 34.1 Å². The first-order valence-electron chi connectivity index (χ1n) is 8.06. The van der Waals surface area contributed by atoms with E-state index < -0.39 is 0 Å². The van der Waals surface area contributed by atoms with Crippen molar-refractivity contribution in [2.45, 2.75) is 20.4 Å². The molecule has 0 unspecified atom stereocenters. The van der Waals surface area contributed by atoms with E-state index in [1.807, 2.05) is 13.8 Å². The Morgan fingerprint density at radius 3 is 2.67 bits per heavy atom. The molecule has 0 aliphatic carbocycles. The van der Waals surface area contributed by atoms with Gasteiger partial charge in [0.2, 0.25) is 5.13 Å². The molecule has 1 fully saturated rings. The van der Waals surface area contributed by atoms with Gasteiger partial charge in [-0.3, -0.25) is 9.59 Å². The smallest absolute Gasteiger partial charge is 0.263 e. The highest BCUT2D eigenvalue weighted by atomic mass is 32.1. The van der Waals surface area contributed by atoms with Gasteiger partial charge in [0.1, 0.15) is 11.9 Å². The normalized spacial score (nSPS) is 15.1. The van der Waals surface area contributed by atoms with E-state index in [2.05, 4.69) is 14.3 Å². The summed E-state index contributed by atoms with van der Waals surface area (Å²) in [6.07, 6.45) is 3.28. The Balaban J connectivity index is 1.70. The molecule has 1 aliphatic heterocycles. The van der Waals surface area contributed by atoms with E-state index in [4.69, 9.17) is 0 Å². The Hall–Kier alpha value is -2.22. The molecule has 1 amide bonds. The molecule has 1 aliphatic rings. The van der Waals surface area contributed by atoms with Gasteiger partial charge in [-0.25, -0.2) is 4.98 Å². The molecule has 0 spiro atoms. The number of anilines is 1. The van der Waals surface area contributed by atoms with Crippen molar-refractivity contribution in [1.82, 2.24) is 18.8 Å². The summed E-state index contributed by atoms with van der Waals surface area (Å²) in [5.41, 5.74) is 0.0465. The predicted molar refractivity (Wildman–Crippen MR) is 93.6 cm³/mol. The lowest BCUT2D eigenvalue weighted by atomic mass is 10.2. The summed E-state index contributed by atoms with van der Waals surface area (Å²) < 4.78 is 5.63. The molecule has 24 heavy (non-hydrogen) atoms. The fraction of sp³-hybridized carbons (Fsp3) is 0.500. The number of aromatic nitrogens is 3. The summed E-state index contributed by atoms with van der Waals surface area (Å²) in [5, 5.41) is 0.876. The zero-order valence-corrected chi connectivity index (χ0v) is 14.7. The molecule has 0 atom stereocenters. The molecule has 3 rings (SSSR count). The molecule has 8 heteroatoms. The van der Waals surface area contributed by atoms with Crippen molar-refractivity contribution in [1.29, 1.82) is 0 Å². The van der Waals surface area contributed by atoms with E-state index in [-0.39, 0.29) is 17.0 Å². The van der Waals surface area contributed by atoms with E-state index in [0.717, 1.165) is 5.13 Å². The molecule has 2 aromatic rings. The molecule has 3 heterocycles. The van der Waals surface area contributed by atoms with Crippen molar-refractivity contribution in [3.8, 4) is 0 Å². The monoisotopic (exact) mass is 347 g/mol. The van der Waals surface area contributed by atoms with Crippen molar-refractivity contribution in [2.75, 3.05) is 31.1 Å². The molecule has 7 nitrogen and oxygen atoms in total. The van der Waals surface area contributed by atoms with Crippen molar-refractivity contribution in [3.05, 3.63) is 40.6 Å². The minimum atomic E-state index is -0.206. The lowest BCUT2D eigenvalue weighted by Crippen LogP contribution is -2.50. The van der Waals surface area contributed by atoms with Gasteiger partial charge >= 0.3 is 0 Å². The molecule has 128 valence electrons. The summed E-state index contributed by atoms with van der Waals surface area (Å²) in [6.45, 7) is 7.28. The van der Waals surface area contributed by atoms with Gasteiger partial charge < -0.3 is 14.4 Å². The van der Waals surface area contributed by atoms with Crippen LogP contribution in [0.5, 0.6) is 0 Å². The third kappa shape index (κ3) is 3.48. The van der Waals surface area contributed by atoms with Crippen LogP contribution in [0.3, 0.4) is 0 Å². The summed E-state index contributed by atoms with van der Waals surface area (Å²) in [7, 11) is 0. The average molecular weight is 347 g/mol. The maximum Gasteiger partial charge on any atom is 0.263 e. The molecular weight excluding hydrogens is 326 g/mol. The summed E-state index contributed by atoms with van der Waals surface area (Å²) in [5.74, 6) is 0.165. The van der Waals surface area contributed by atoms with Crippen LogP contribution in [0.4, 0.5) is 5.13 Å². The average Bonchev–Trinajstić information content (AvgIpc) is 3.10. The second-order valence-electron chi connectivity index (χ2n) is 6.28. The number of amides is 1. The summed E-state index contributed by atoms with van der Waals surface area (Å²) in [6, 6.07) is 3.40. The second kappa shape index (κ2) is 7.12. The van der Waals surface area contributed by atoms with E-state index in [9.17, 15) is 9.59 Å². The fourth-order valence-electron chi connectivity index (χ4n) is 2.81. The summed E-state index contributed by atoms with van der Waals surface area (Å²) in [4.78, 5) is 33.3. The predicted octanol–water partition coefficient (Wildman–Crippen LogP) is 1.32. The molecule has 0 aromatic carbocycles. The zero-order valence-electron chi connectivity index (χ0n) is 13.9. The van der Waals surface area contributed by atoms with Crippen LogP contribution in [0.15, 0.2) is 29.5 Å². The quantitative estimate of drug-likeness (QED) is 0.834. The zero-order chi connectivity index (χ0) is 17.1. The number of hydrogen-bond acceptors (Lipinski definition) is 6. The lowest BCUT2D eigenvalue weighted by molar-refractivity contribution is 0.0744. The topological polar surface area (TPSA) is 71.3 Å². The minimum absolute atomic E-state index is 0.185. The van der Waals surface area contributed by atoms with Gasteiger partial charge in [-0.05, 0) is 18.1 Å². The Kier molecular flexibility index (Phi) is 4.94. The first-order valence-corrected chi connectivity index (χ1v) is 8.84. The van der Waals surface area contributed by atoms with Gasteiger partial charge in [-0.2, -0.15) is 4.37 Å². The molecule has 1 saturated heterocycles. The molecule has 2 aromatic heterocycles. The van der Waals surface area contributed by atoms with Gasteiger partial charge in [0.25, 0.3) is 11.5 Å². The van der Waals surface area contributed by atoms with E-state index in [1.165, 1.54) is 11.5 Å². The Bertz CT molecular complexity index is 748. The Labute approximate surface area is 144 Å². The standard InChI is InChI=1S/C16H21N5O2S/c1-12(2)10-21-5-3-4-13(15(21)23)14(22)19-6-8-20(9-7-19)16-17-11-18-24-16/h3-5,11-12H,6-10H2,1-2H3. The second-order valence-corrected chi connectivity index (χ2v) is 7.03. The number of hydrogen-bond donors (Lipinski definition) is 0. The van der Waals surface area contributed by atoms with Gasteiger partial charge in [0.15, 0.2) is 0 Å². The first-order chi connectivity index (χ1) is 11.6. The number of carbonyl (C=O) groups is 1. The molecule has 0 bridgehead atoms. The van der Waals surface area contributed by atoms with E-state index in [0.29, 0.717) is 38.6 Å². The summed E-state index contributed by atoms with van der Waals surface area (Å²) >= 11 is 1.35. The number of carbonyl (C=O) groups excluding carboxylic acids is 1. The number of piperazine rings is 1. The van der Waals surface area contributed by atoms with Crippen LogP contribution in [0, 0.1) is 5.92 Å². The molecule has 0 radical (unpaired) electrons. The van der Waals surface area contributed by atoms with Crippen LogP contribution >= 0.6 is 11.5 Å². The van der Waals surface area contributed by atoms with Crippen LogP contribution in [-0.4, -0.2) is 50.9 Å². The fourth-order valence-corrected chi connectivity index (χ4v) is 3.40. The van der Waals surface area contributed by atoms with Crippen LogP contribution < -0.4 is 10.5 Å². The van der Waals surface area contributed by atoms with Crippen molar-refractivity contribution < 1.29 is 4.79 Å². The molecular formula is C16H21N5O2S. The van der Waals surface area contributed by atoms with Crippen molar-refractivity contribution in [3.63, 3.8) is 0 Å². The van der Waals surface area contributed by atoms with Crippen molar-refractivity contribution in [2.24, 2.45) is 5.92 Å². The maximum absolute atomic E-state index is 12.7. The Morgan fingerprint density at radius 1 is 1.29 bits per heavy atom. The van der Waals surface area contributed by atoms with Crippen LogP contribution in [0.25, 0.3) is 0 Å². The number of nitrogens with zero attached hydrogens (tertiary/aromatic N) is 5. The van der Waals surface area contributed by atoms with Gasteiger partial charge in [-0.15, -0.1) is 0 Å². The maximum atomic E-state index is 12.7. The number of rotatable bonds is 4. The van der Waals surface area contributed by atoms with E-state index >= 15 is 0 Å². The third-order valence-corrected chi connectivity index (χ3v) is 4.73. The largest absolute Gasteiger partial charge is 0.343 e. The van der Waals surface area contributed by atoms with Crippen LogP contribution in [0.2, 0.25) is 0 Å². The van der Waals surface area contributed by atoms with Crippen LogP contribution in [0.1, 0.15) is 24.2 Å². The minimum Gasteiger partial charge on any atom is -0.343 e. The van der Waals surface area contributed by atoms with Gasteiger partial charge in [-0.1, -0.05) is 13.8 Å². The van der Waals surface area contributed by atoms with Crippen molar-refractivity contribution >= 4 is 22.6 Å². The third-order valence-electron chi connectivity index (χ3n) is 4.00.